The van der Waals surface area contributed by atoms with Crippen molar-refractivity contribution >= 4 is 22.8 Å². The predicted octanol–water partition coefficient (Wildman–Crippen LogP) is 4.15. The summed E-state index contributed by atoms with van der Waals surface area (Å²) in [6.45, 7) is 11.7. The number of amides is 1. The van der Waals surface area contributed by atoms with E-state index in [0.717, 1.165) is 11.6 Å². The number of aryl methyl sites for hydroxylation is 1. The van der Waals surface area contributed by atoms with Gasteiger partial charge in [-0.25, -0.2) is 23.1 Å². The van der Waals surface area contributed by atoms with Crippen LogP contribution in [0.15, 0.2) is 54.0 Å². The minimum atomic E-state index is -0.857. The number of aliphatic hydroxyl groups excluding tert-OH is 1. The van der Waals surface area contributed by atoms with Crippen LogP contribution in [0.1, 0.15) is 37.9 Å². The molecule has 1 saturated heterocycles. The molecule has 44 heavy (non-hydrogen) atoms. The number of piperazine rings is 1. The van der Waals surface area contributed by atoms with Crippen molar-refractivity contribution in [2.45, 2.75) is 39.7 Å². The average Bonchev–Trinajstić information content (AvgIpc) is 2.99. The molecule has 1 aliphatic rings. The topological polar surface area (TPSA) is 114 Å². The lowest BCUT2D eigenvalue weighted by molar-refractivity contribution is -0.126. The number of carbonyl (C=O) groups is 1. The number of fused-ring (bicyclic) bond motifs is 1. The first-order valence-corrected chi connectivity index (χ1v) is 14.4. The molecule has 230 valence electrons. The number of benzene rings is 1. The Morgan fingerprint density at radius 1 is 1.20 bits per heavy atom. The van der Waals surface area contributed by atoms with E-state index in [1.807, 2.05) is 32.6 Å². The number of aliphatic hydroxyl groups is 1. The minimum absolute atomic E-state index is 0.00923. The first kappa shape index (κ1) is 30.7. The Bertz CT molecular complexity index is 1810. The van der Waals surface area contributed by atoms with Crippen LogP contribution >= 0.6 is 0 Å². The van der Waals surface area contributed by atoms with Crippen LogP contribution in [0.3, 0.4) is 0 Å². The summed E-state index contributed by atoms with van der Waals surface area (Å²) in [4.78, 5) is 43.4. The van der Waals surface area contributed by atoms with E-state index < -0.39 is 17.3 Å². The quantitative estimate of drug-likeness (QED) is 0.299. The van der Waals surface area contributed by atoms with Gasteiger partial charge in [-0.05, 0) is 55.7 Å². The van der Waals surface area contributed by atoms with Gasteiger partial charge in [0.1, 0.15) is 29.7 Å². The van der Waals surface area contributed by atoms with Gasteiger partial charge in [-0.3, -0.25) is 9.78 Å². The number of aromatic nitrogens is 4. The van der Waals surface area contributed by atoms with Gasteiger partial charge in [0.25, 0.3) is 0 Å². The predicted molar refractivity (Wildman–Crippen MR) is 163 cm³/mol. The highest BCUT2D eigenvalue weighted by Gasteiger charge is 2.31. The Morgan fingerprint density at radius 3 is 2.66 bits per heavy atom. The van der Waals surface area contributed by atoms with Crippen LogP contribution in [0.5, 0.6) is 5.75 Å². The molecule has 4 aromatic rings. The van der Waals surface area contributed by atoms with E-state index in [-0.39, 0.29) is 64.9 Å². The lowest BCUT2D eigenvalue weighted by Crippen LogP contribution is -2.54. The Balaban J connectivity index is 1.82. The van der Waals surface area contributed by atoms with Crippen LogP contribution < -0.4 is 15.3 Å². The summed E-state index contributed by atoms with van der Waals surface area (Å²) >= 11 is 0. The summed E-state index contributed by atoms with van der Waals surface area (Å²) in [5.41, 5.74) is 0.572. The minimum Gasteiger partial charge on any atom is -0.490 e. The molecular formula is C32H34F2N6O4. The van der Waals surface area contributed by atoms with Gasteiger partial charge >= 0.3 is 5.69 Å². The highest BCUT2D eigenvalue weighted by Crippen LogP contribution is 2.37. The Kier molecular flexibility index (Phi) is 8.73. The zero-order valence-electron chi connectivity index (χ0n) is 25.0. The summed E-state index contributed by atoms with van der Waals surface area (Å²) in [6, 6.07) is 6.70. The maximum absolute atomic E-state index is 16.1. The molecule has 1 aromatic carbocycles. The zero-order chi connectivity index (χ0) is 31.7. The maximum atomic E-state index is 16.1. The molecule has 3 aromatic heterocycles. The van der Waals surface area contributed by atoms with Crippen LogP contribution in [-0.2, 0) is 4.79 Å². The van der Waals surface area contributed by atoms with Crippen LogP contribution in [0.4, 0.5) is 14.6 Å². The van der Waals surface area contributed by atoms with Crippen molar-refractivity contribution in [2.24, 2.45) is 0 Å². The number of hydrogen-bond donors (Lipinski definition) is 1. The van der Waals surface area contributed by atoms with Gasteiger partial charge in [-0.15, -0.1) is 0 Å². The van der Waals surface area contributed by atoms with Crippen LogP contribution in [0.2, 0.25) is 0 Å². The number of halogens is 2. The van der Waals surface area contributed by atoms with Gasteiger partial charge in [0.15, 0.2) is 11.5 Å². The van der Waals surface area contributed by atoms with Gasteiger partial charge in [-0.2, -0.15) is 4.98 Å². The second-order valence-electron chi connectivity index (χ2n) is 11.0. The van der Waals surface area contributed by atoms with Gasteiger partial charge in [0, 0.05) is 31.9 Å². The molecule has 0 spiro atoms. The molecule has 0 saturated carbocycles. The first-order valence-electron chi connectivity index (χ1n) is 14.4. The fraction of sp³-hybridized carbons (Fsp3) is 0.344. The van der Waals surface area contributed by atoms with Gasteiger partial charge in [-0.1, -0.05) is 26.5 Å². The molecular weight excluding hydrogens is 570 g/mol. The van der Waals surface area contributed by atoms with E-state index >= 15 is 8.78 Å². The summed E-state index contributed by atoms with van der Waals surface area (Å²) in [6.07, 6.45) is 2.90. The summed E-state index contributed by atoms with van der Waals surface area (Å²) in [7, 11) is 0. The zero-order valence-corrected chi connectivity index (χ0v) is 25.0. The molecule has 1 aliphatic heterocycles. The van der Waals surface area contributed by atoms with Crippen LogP contribution in [-0.4, -0.2) is 74.3 Å². The molecule has 10 nitrogen and oxygen atoms in total. The Morgan fingerprint density at radius 2 is 1.98 bits per heavy atom. The average molecular weight is 605 g/mol. The molecule has 1 amide bonds. The first-order chi connectivity index (χ1) is 21.1. The van der Waals surface area contributed by atoms with Gasteiger partial charge in [0.2, 0.25) is 5.91 Å². The fourth-order valence-corrected chi connectivity index (χ4v) is 5.60. The summed E-state index contributed by atoms with van der Waals surface area (Å²) in [5, 5.41) is 9.52. The van der Waals surface area contributed by atoms with Crippen molar-refractivity contribution < 1.29 is 23.4 Å². The highest BCUT2D eigenvalue weighted by atomic mass is 19.1. The SMILES string of the molecule is C=CC(=O)N1CCN(c2nc(=O)n(-c3c(C)ccnc3C(C)C)c3nc(-c4c(F)cccc4OCCO)c(F)cc23)[C@@H](C)C1. The van der Waals surface area contributed by atoms with E-state index in [4.69, 9.17) is 4.74 Å². The fourth-order valence-electron chi connectivity index (χ4n) is 5.60. The number of rotatable bonds is 8. The molecule has 1 N–H and O–H groups in total. The van der Waals surface area contributed by atoms with Crippen molar-refractivity contribution in [3.8, 4) is 22.7 Å². The van der Waals surface area contributed by atoms with Gasteiger partial charge < -0.3 is 19.6 Å². The number of anilines is 1. The molecule has 12 heteroatoms. The van der Waals surface area contributed by atoms with Crippen molar-refractivity contribution in [2.75, 3.05) is 37.7 Å². The monoisotopic (exact) mass is 604 g/mol. The third-order valence-corrected chi connectivity index (χ3v) is 7.67. The van der Waals surface area contributed by atoms with E-state index in [1.54, 1.807) is 17.2 Å². The van der Waals surface area contributed by atoms with E-state index in [0.29, 0.717) is 31.0 Å². The summed E-state index contributed by atoms with van der Waals surface area (Å²) < 4.78 is 38.3. The highest BCUT2D eigenvalue weighted by molar-refractivity contribution is 5.91. The third kappa shape index (κ3) is 5.52. The molecule has 5 rings (SSSR count). The lowest BCUT2D eigenvalue weighted by atomic mass is 10.0. The van der Waals surface area contributed by atoms with Crippen LogP contribution in [0, 0.1) is 18.6 Å². The smallest absolute Gasteiger partial charge is 0.355 e. The molecule has 0 radical (unpaired) electrons. The molecule has 4 heterocycles. The van der Waals surface area contributed by atoms with Crippen LogP contribution in [0.25, 0.3) is 28.0 Å². The number of carbonyl (C=O) groups excluding carboxylic acids is 1. The standard InChI is InChI=1S/C32H34F2N6O4/c1-6-25(42)38-12-13-39(20(5)17-38)30-21-16-23(34)28(26-22(33)8-7-9-24(26)44-15-14-41)36-31(21)40(32(43)37-30)29-19(4)10-11-35-27(29)18(2)3/h6-11,16,18,20,41H,1,12-15,17H2,2-5H3/t20-/m0/s1. The van der Waals surface area contributed by atoms with E-state index in [1.165, 1.54) is 28.8 Å². The Labute approximate surface area is 253 Å². The van der Waals surface area contributed by atoms with Gasteiger partial charge in [0.05, 0.1) is 28.9 Å². The van der Waals surface area contributed by atoms with Crippen molar-refractivity contribution in [3.63, 3.8) is 0 Å². The third-order valence-electron chi connectivity index (χ3n) is 7.67. The molecule has 0 aliphatic carbocycles. The van der Waals surface area contributed by atoms with Crippen molar-refractivity contribution in [3.05, 3.63) is 82.6 Å². The largest absolute Gasteiger partial charge is 0.490 e. The van der Waals surface area contributed by atoms with E-state index in [2.05, 4.69) is 21.5 Å². The number of hydrogen-bond acceptors (Lipinski definition) is 8. The molecule has 1 fully saturated rings. The normalized spacial score (nSPS) is 15.2. The second kappa shape index (κ2) is 12.5. The lowest BCUT2D eigenvalue weighted by Gasteiger charge is -2.40. The molecule has 1 atom stereocenters. The number of nitrogens with zero attached hydrogens (tertiary/aromatic N) is 6. The Hall–Kier alpha value is -4.71. The number of pyridine rings is 2. The summed E-state index contributed by atoms with van der Waals surface area (Å²) in [5.74, 6) is -1.75. The number of ether oxygens (including phenoxy) is 1. The molecule has 0 unspecified atom stereocenters. The van der Waals surface area contributed by atoms with E-state index in [9.17, 15) is 14.7 Å². The van der Waals surface area contributed by atoms with Crippen molar-refractivity contribution in [1.29, 1.82) is 0 Å². The second-order valence-corrected chi connectivity index (χ2v) is 11.0. The molecule has 0 bridgehead atoms. The van der Waals surface area contributed by atoms with Crippen molar-refractivity contribution in [1.82, 2.24) is 24.4 Å². The maximum Gasteiger partial charge on any atom is 0.355 e.